The number of nitrogens with one attached hydrogen (secondary N) is 2. The number of aromatic nitrogens is 4. The third-order valence-electron chi connectivity index (χ3n) is 7.22. The zero-order chi connectivity index (χ0) is 37.7. The number of rotatable bonds is 7. The molecule has 0 aliphatic rings. The number of pyridine rings is 2. The minimum Gasteiger partial charge on any atom is -0.444 e. The Morgan fingerprint density at radius 1 is 0.824 bits per heavy atom. The van der Waals surface area contributed by atoms with Crippen molar-refractivity contribution >= 4 is 94.2 Å². The second-order valence-corrected chi connectivity index (χ2v) is 15.5. The quantitative estimate of drug-likeness (QED) is 0.146. The van der Waals surface area contributed by atoms with E-state index in [9.17, 15) is 14.4 Å². The number of amides is 3. The van der Waals surface area contributed by atoms with Crippen LogP contribution in [0.1, 0.15) is 61.2 Å². The Morgan fingerprint density at radius 2 is 1.35 bits per heavy atom. The van der Waals surface area contributed by atoms with Crippen LogP contribution in [0.4, 0.5) is 21.0 Å². The minimum atomic E-state index is -0.623. The first-order chi connectivity index (χ1) is 23.9. The van der Waals surface area contributed by atoms with Crippen LogP contribution in [0.15, 0.2) is 57.7 Å². The number of ether oxygens (including phenoxy) is 2. The van der Waals surface area contributed by atoms with Gasteiger partial charge in [0.2, 0.25) is 5.91 Å². The molecule has 0 spiro atoms. The van der Waals surface area contributed by atoms with E-state index in [-0.39, 0.29) is 18.5 Å². The molecule has 3 aromatic heterocycles. The average molecular weight is 829 g/mol. The summed E-state index contributed by atoms with van der Waals surface area (Å²) in [5.74, 6) is 0.336. The van der Waals surface area contributed by atoms with Crippen LogP contribution in [0.3, 0.4) is 0 Å². The first-order valence-corrected chi connectivity index (χ1v) is 18.0. The molecule has 0 aliphatic carbocycles. The number of H-pyrrole nitrogens is 1. The molecule has 0 atom stereocenters. The SMILES string of the molecule is CCN(CC(=O)Nc1cnc2cc(Br)ccc2c1N)C(=O)OC(C)(C)C.CCN(Cc1nc2c(cnc3cc(Br)ccc32)[nH]1)C(=O)OC(C)(C)C. The molecule has 272 valence electrons. The van der Waals surface area contributed by atoms with Gasteiger partial charge in [0.05, 0.1) is 52.4 Å². The van der Waals surface area contributed by atoms with Crippen LogP contribution < -0.4 is 11.1 Å². The van der Waals surface area contributed by atoms with Gasteiger partial charge in [0.25, 0.3) is 0 Å². The summed E-state index contributed by atoms with van der Waals surface area (Å²) in [4.78, 5) is 56.4. The van der Waals surface area contributed by atoms with Crippen molar-refractivity contribution < 1.29 is 23.9 Å². The molecule has 5 rings (SSSR count). The Bertz CT molecular complexity index is 2060. The van der Waals surface area contributed by atoms with Crippen molar-refractivity contribution in [1.29, 1.82) is 0 Å². The molecular formula is C36H44Br2N8O5. The average Bonchev–Trinajstić information content (AvgIpc) is 3.45. The van der Waals surface area contributed by atoms with Crippen molar-refractivity contribution in [3.05, 3.63) is 63.6 Å². The maximum absolute atomic E-state index is 12.3. The lowest BCUT2D eigenvalue weighted by Crippen LogP contribution is -2.41. The molecular weight excluding hydrogens is 784 g/mol. The van der Waals surface area contributed by atoms with E-state index in [1.807, 2.05) is 64.1 Å². The van der Waals surface area contributed by atoms with E-state index < -0.39 is 17.3 Å². The number of carbonyl (C=O) groups excluding carboxylic acids is 3. The Morgan fingerprint density at radius 3 is 1.92 bits per heavy atom. The molecule has 3 amide bonds. The fourth-order valence-corrected chi connectivity index (χ4v) is 5.55. The highest BCUT2D eigenvalue weighted by atomic mass is 79.9. The summed E-state index contributed by atoms with van der Waals surface area (Å²) in [5.41, 5.74) is 9.14. The van der Waals surface area contributed by atoms with Gasteiger partial charge in [-0.3, -0.25) is 19.7 Å². The molecule has 0 unspecified atom stereocenters. The largest absolute Gasteiger partial charge is 0.444 e. The maximum atomic E-state index is 12.3. The van der Waals surface area contributed by atoms with Crippen molar-refractivity contribution in [2.75, 3.05) is 30.7 Å². The van der Waals surface area contributed by atoms with Crippen molar-refractivity contribution in [3.8, 4) is 0 Å². The summed E-state index contributed by atoms with van der Waals surface area (Å²) >= 11 is 6.84. The Kier molecular flexibility index (Phi) is 12.5. The van der Waals surface area contributed by atoms with E-state index in [0.29, 0.717) is 36.8 Å². The zero-order valence-corrected chi connectivity index (χ0v) is 33.2. The monoisotopic (exact) mass is 826 g/mol. The van der Waals surface area contributed by atoms with Gasteiger partial charge in [0.15, 0.2) is 0 Å². The van der Waals surface area contributed by atoms with Gasteiger partial charge in [-0.25, -0.2) is 14.6 Å². The Labute approximate surface area is 313 Å². The number of likely N-dealkylation sites (N-methyl/N-ethyl adjacent to an activating group) is 1. The smallest absolute Gasteiger partial charge is 0.410 e. The van der Waals surface area contributed by atoms with Crippen molar-refractivity contribution in [2.45, 2.75) is 73.1 Å². The van der Waals surface area contributed by atoms with Crippen LogP contribution in [0.2, 0.25) is 0 Å². The number of anilines is 2. The summed E-state index contributed by atoms with van der Waals surface area (Å²) in [7, 11) is 0. The van der Waals surface area contributed by atoms with E-state index >= 15 is 0 Å². The molecule has 15 heteroatoms. The van der Waals surface area contributed by atoms with E-state index in [1.54, 1.807) is 38.8 Å². The second kappa shape index (κ2) is 16.2. The van der Waals surface area contributed by atoms with Crippen LogP contribution in [0.25, 0.3) is 32.8 Å². The third-order valence-corrected chi connectivity index (χ3v) is 8.20. The van der Waals surface area contributed by atoms with Gasteiger partial charge < -0.3 is 30.4 Å². The molecule has 4 N–H and O–H groups in total. The molecule has 0 fully saturated rings. The predicted octanol–water partition coefficient (Wildman–Crippen LogP) is 8.41. The first kappa shape index (κ1) is 39.3. The van der Waals surface area contributed by atoms with Crippen molar-refractivity contribution in [3.63, 3.8) is 0 Å². The van der Waals surface area contributed by atoms with E-state index in [0.717, 1.165) is 41.8 Å². The molecule has 51 heavy (non-hydrogen) atoms. The molecule has 0 saturated heterocycles. The number of nitrogens with two attached hydrogens (primary N) is 1. The summed E-state index contributed by atoms with van der Waals surface area (Å²) in [5, 5.41) is 4.43. The number of fused-ring (bicyclic) bond motifs is 4. The molecule has 0 aliphatic heterocycles. The highest BCUT2D eigenvalue weighted by Gasteiger charge is 2.24. The maximum Gasteiger partial charge on any atom is 0.410 e. The van der Waals surface area contributed by atoms with Crippen LogP contribution >= 0.6 is 31.9 Å². The first-order valence-electron chi connectivity index (χ1n) is 16.4. The lowest BCUT2D eigenvalue weighted by Gasteiger charge is -2.26. The Balaban J connectivity index is 0.000000229. The molecule has 5 aromatic rings. The second-order valence-electron chi connectivity index (χ2n) is 13.6. The highest BCUT2D eigenvalue weighted by molar-refractivity contribution is 9.10. The summed E-state index contributed by atoms with van der Waals surface area (Å²) in [6.07, 6.45) is 2.39. The van der Waals surface area contributed by atoms with Gasteiger partial charge in [0, 0.05) is 32.8 Å². The lowest BCUT2D eigenvalue weighted by molar-refractivity contribution is -0.117. The number of halogens is 2. The van der Waals surface area contributed by atoms with Crippen molar-refractivity contribution in [1.82, 2.24) is 29.7 Å². The number of imidazole rings is 1. The number of nitrogen functional groups attached to an aromatic ring is 1. The van der Waals surface area contributed by atoms with E-state index in [4.69, 9.17) is 15.2 Å². The summed E-state index contributed by atoms with van der Waals surface area (Å²) in [6.45, 7) is 15.7. The highest BCUT2D eigenvalue weighted by Crippen LogP contribution is 2.29. The van der Waals surface area contributed by atoms with Gasteiger partial charge in [0.1, 0.15) is 23.6 Å². The standard InChI is InChI=1S/C18H23BrN4O3.C18H21BrN4O2/c1-5-23(17(25)26-18(2,3)4)10-15(24)22-14-9-21-13-8-11(19)6-7-12(13)16(14)20;1-5-23(17(24)25-18(2,3)4)10-15-21-14-9-20-13-8-11(19)6-7-12(13)16(14)22-15/h6-9H,5,10H2,1-4H3,(H2,20,21)(H,22,24);6-9H,5,10H2,1-4H3,(H,21,22). The van der Waals surface area contributed by atoms with Gasteiger partial charge in [-0.15, -0.1) is 0 Å². The van der Waals surface area contributed by atoms with Crippen LogP contribution in [-0.2, 0) is 20.8 Å². The summed E-state index contributed by atoms with van der Waals surface area (Å²) < 4.78 is 12.6. The van der Waals surface area contributed by atoms with Gasteiger partial charge >= 0.3 is 12.2 Å². The molecule has 3 heterocycles. The predicted molar refractivity (Wildman–Crippen MR) is 207 cm³/mol. The zero-order valence-electron chi connectivity index (χ0n) is 30.1. The van der Waals surface area contributed by atoms with Gasteiger partial charge in [-0.2, -0.15) is 0 Å². The number of hydrogen-bond donors (Lipinski definition) is 3. The van der Waals surface area contributed by atoms with Gasteiger partial charge in [-0.1, -0.05) is 31.9 Å². The van der Waals surface area contributed by atoms with E-state index in [1.165, 1.54) is 11.1 Å². The molecule has 13 nitrogen and oxygen atoms in total. The number of hydrogen-bond acceptors (Lipinski definition) is 9. The van der Waals surface area contributed by atoms with Crippen molar-refractivity contribution in [2.24, 2.45) is 0 Å². The summed E-state index contributed by atoms with van der Waals surface area (Å²) in [6, 6.07) is 11.5. The number of carbonyl (C=O) groups is 3. The fraction of sp³-hybridized carbons (Fsp3) is 0.389. The molecule has 0 saturated carbocycles. The number of benzene rings is 2. The lowest BCUT2D eigenvalue weighted by atomic mass is 10.1. The van der Waals surface area contributed by atoms with Gasteiger partial charge in [-0.05, 0) is 91.8 Å². The van der Waals surface area contributed by atoms with E-state index in [2.05, 4.69) is 57.1 Å². The van der Waals surface area contributed by atoms with Crippen LogP contribution in [0, 0.1) is 0 Å². The normalized spacial score (nSPS) is 11.6. The molecule has 2 aromatic carbocycles. The molecule has 0 bridgehead atoms. The van der Waals surface area contributed by atoms with Crippen LogP contribution in [0.5, 0.6) is 0 Å². The number of nitrogens with zero attached hydrogens (tertiary/aromatic N) is 5. The molecule has 0 radical (unpaired) electrons. The van der Waals surface area contributed by atoms with Crippen LogP contribution in [-0.4, -0.2) is 78.7 Å². The Hall–Kier alpha value is -4.50. The topological polar surface area (TPSA) is 169 Å². The third kappa shape index (κ3) is 10.7. The fourth-order valence-electron chi connectivity index (χ4n) is 4.85. The number of aromatic amines is 1. The minimum absolute atomic E-state index is 0.136.